The van der Waals surface area contributed by atoms with E-state index in [-0.39, 0.29) is 6.04 Å². The molecule has 0 spiro atoms. The molecule has 2 rings (SSSR count). The normalized spacial score (nSPS) is 12.7. The molecule has 0 saturated carbocycles. The summed E-state index contributed by atoms with van der Waals surface area (Å²) in [6.07, 6.45) is 3.57. The molecule has 0 radical (unpaired) electrons. The topological polar surface area (TPSA) is 64.7 Å². The highest BCUT2D eigenvalue weighted by Gasteiger charge is 2.09. The molecule has 0 aromatic carbocycles. The second-order valence-electron chi connectivity index (χ2n) is 3.45. The molecule has 5 heteroatoms. The van der Waals surface area contributed by atoms with E-state index in [1.54, 1.807) is 12.4 Å². The van der Waals surface area contributed by atoms with Crippen LogP contribution >= 0.6 is 11.3 Å². The summed E-state index contributed by atoms with van der Waals surface area (Å²) in [6, 6.07) is -0.0413. The first kappa shape index (κ1) is 10.2. The van der Waals surface area contributed by atoms with Crippen molar-refractivity contribution < 1.29 is 0 Å². The Morgan fingerprint density at radius 3 is 2.53 bits per heavy atom. The van der Waals surface area contributed by atoms with Gasteiger partial charge >= 0.3 is 0 Å². The van der Waals surface area contributed by atoms with Crippen molar-refractivity contribution in [2.75, 3.05) is 0 Å². The van der Waals surface area contributed by atoms with Crippen LogP contribution in [-0.4, -0.2) is 15.0 Å². The van der Waals surface area contributed by atoms with E-state index in [0.29, 0.717) is 5.82 Å². The Kier molecular flexibility index (Phi) is 2.75. The summed E-state index contributed by atoms with van der Waals surface area (Å²) in [5.41, 5.74) is 7.66. The molecule has 1 atom stereocenters. The lowest BCUT2D eigenvalue weighted by molar-refractivity contribution is 0.790. The summed E-state index contributed by atoms with van der Waals surface area (Å²) in [5, 5.41) is 2.77. The average molecular weight is 220 g/mol. The number of nitrogens with two attached hydrogens (primary N) is 1. The van der Waals surface area contributed by atoms with Crippen LogP contribution in [0.15, 0.2) is 17.8 Å². The monoisotopic (exact) mass is 220 g/mol. The van der Waals surface area contributed by atoms with E-state index in [1.807, 2.05) is 19.2 Å². The van der Waals surface area contributed by atoms with E-state index in [2.05, 4.69) is 15.0 Å². The molecule has 0 aliphatic heterocycles. The van der Waals surface area contributed by atoms with Crippen LogP contribution in [0.2, 0.25) is 0 Å². The molecule has 1 unspecified atom stereocenters. The van der Waals surface area contributed by atoms with Crippen molar-refractivity contribution in [2.45, 2.75) is 19.9 Å². The van der Waals surface area contributed by atoms with Gasteiger partial charge in [-0.1, -0.05) is 0 Å². The van der Waals surface area contributed by atoms with Crippen LogP contribution in [0.25, 0.3) is 10.8 Å². The molecule has 2 N–H and O–H groups in total. The highest BCUT2D eigenvalue weighted by Crippen LogP contribution is 2.22. The molecule has 2 heterocycles. The molecule has 78 valence electrons. The van der Waals surface area contributed by atoms with Crippen LogP contribution in [0.4, 0.5) is 0 Å². The number of hydrogen-bond donors (Lipinski definition) is 1. The van der Waals surface area contributed by atoms with Gasteiger partial charge in [0, 0.05) is 23.8 Å². The predicted octanol–water partition coefficient (Wildman–Crippen LogP) is 1.93. The Morgan fingerprint density at radius 1 is 1.33 bits per heavy atom. The van der Waals surface area contributed by atoms with Gasteiger partial charge in [0.05, 0.1) is 5.69 Å². The number of aromatic nitrogens is 3. The summed E-state index contributed by atoms with van der Waals surface area (Å²) in [5.74, 6) is 0.664. The highest BCUT2D eigenvalue weighted by molar-refractivity contribution is 7.13. The predicted molar refractivity (Wildman–Crippen MR) is 60.5 cm³/mol. The minimum Gasteiger partial charge on any atom is -0.323 e. The first-order chi connectivity index (χ1) is 7.16. The van der Waals surface area contributed by atoms with Gasteiger partial charge in [0.2, 0.25) is 0 Å². The molecular weight excluding hydrogens is 208 g/mol. The standard InChI is InChI=1S/C10H12N4S/c1-6-3-12-9(13-4-6)10-14-8(5-15-10)7(2)11/h3-5,7H,11H2,1-2H3. The van der Waals surface area contributed by atoms with Crippen molar-refractivity contribution in [3.63, 3.8) is 0 Å². The van der Waals surface area contributed by atoms with Crippen LogP contribution < -0.4 is 5.73 Å². The maximum atomic E-state index is 5.73. The zero-order valence-corrected chi connectivity index (χ0v) is 9.45. The fourth-order valence-electron chi connectivity index (χ4n) is 1.10. The Bertz CT molecular complexity index is 447. The van der Waals surface area contributed by atoms with Gasteiger partial charge in [0.15, 0.2) is 10.8 Å². The molecular formula is C10H12N4S. The lowest BCUT2D eigenvalue weighted by atomic mass is 10.3. The third-order valence-electron chi connectivity index (χ3n) is 1.96. The average Bonchev–Trinajstić information content (AvgIpc) is 2.68. The first-order valence-electron chi connectivity index (χ1n) is 4.67. The molecule has 0 aliphatic carbocycles. The molecule has 0 fully saturated rings. The quantitative estimate of drug-likeness (QED) is 0.839. The lowest BCUT2D eigenvalue weighted by Gasteiger charge is -1.97. The third kappa shape index (κ3) is 2.19. The van der Waals surface area contributed by atoms with Gasteiger partial charge in [-0.2, -0.15) is 0 Å². The van der Waals surface area contributed by atoms with Crippen LogP contribution in [0.3, 0.4) is 0 Å². The Balaban J connectivity index is 2.33. The molecule has 0 amide bonds. The minimum atomic E-state index is -0.0413. The number of rotatable bonds is 2. The number of thiazole rings is 1. The highest BCUT2D eigenvalue weighted by atomic mass is 32.1. The Hall–Kier alpha value is -1.33. The van der Waals surface area contributed by atoms with Crippen molar-refractivity contribution in [2.24, 2.45) is 5.73 Å². The SMILES string of the molecule is Cc1cnc(-c2nc(C(C)N)cs2)nc1. The smallest absolute Gasteiger partial charge is 0.188 e. The van der Waals surface area contributed by atoms with E-state index in [9.17, 15) is 0 Å². The fourth-order valence-corrected chi connectivity index (χ4v) is 1.97. The van der Waals surface area contributed by atoms with Crippen molar-refractivity contribution in [3.8, 4) is 10.8 Å². The summed E-state index contributed by atoms with van der Waals surface area (Å²) in [7, 11) is 0. The summed E-state index contributed by atoms with van der Waals surface area (Å²) >= 11 is 1.52. The molecule has 2 aromatic heterocycles. The molecule has 15 heavy (non-hydrogen) atoms. The summed E-state index contributed by atoms with van der Waals surface area (Å²) in [4.78, 5) is 12.8. The zero-order valence-electron chi connectivity index (χ0n) is 8.64. The van der Waals surface area contributed by atoms with Crippen LogP contribution in [0.1, 0.15) is 24.2 Å². The van der Waals surface area contributed by atoms with Crippen molar-refractivity contribution >= 4 is 11.3 Å². The largest absolute Gasteiger partial charge is 0.323 e. The van der Waals surface area contributed by atoms with Gasteiger partial charge in [-0.25, -0.2) is 15.0 Å². The van der Waals surface area contributed by atoms with E-state index >= 15 is 0 Å². The Labute approximate surface area is 92.2 Å². The second kappa shape index (κ2) is 4.04. The van der Waals surface area contributed by atoms with E-state index in [1.165, 1.54) is 11.3 Å². The maximum Gasteiger partial charge on any atom is 0.188 e. The van der Waals surface area contributed by atoms with Crippen molar-refractivity contribution in [1.29, 1.82) is 0 Å². The summed E-state index contributed by atoms with van der Waals surface area (Å²) in [6.45, 7) is 3.87. The minimum absolute atomic E-state index is 0.0413. The van der Waals surface area contributed by atoms with E-state index < -0.39 is 0 Å². The first-order valence-corrected chi connectivity index (χ1v) is 5.55. The number of aryl methyl sites for hydroxylation is 1. The van der Waals surface area contributed by atoms with Crippen molar-refractivity contribution in [1.82, 2.24) is 15.0 Å². The molecule has 0 saturated heterocycles. The van der Waals surface area contributed by atoms with Crippen LogP contribution in [0, 0.1) is 6.92 Å². The van der Waals surface area contributed by atoms with Gasteiger partial charge in [-0.15, -0.1) is 11.3 Å². The summed E-state index contributed by atoms with van der Waals surface area (Å²) < 4.78 is 0. The maximum absolute atomic E-state index is 5.73. The van der Waals surface area contributed by atoms with Gasteiger partial charge in [0.25, 0.3) is 0 Å². The molecule has 4 nitrogen and oxygen atoms in total. The van der Waals surface area contributed by atoms with Gasteiger partial charge in [0.1, 0.15) is 0 Å². The Morgan fingerprint density at radius 2 is 2.00 bits per heavy atom. The fraction of sp³-hybridized carbons (Fsp3) is 0.300. The third-order valence-corrected chi connectivity index (χ3v) is 2.82. The number of hydrogen-bond acceptors (Lipinski definition) is 5. The van der Waals surface area contributed by atoms with Gasteiger partial charge in [-0.3, -0.25) is 0 Å². The van der Waals surface area contributed by atoms with Gasteiger partial charge < -0.3 is 5.73 Å². The van der Waals surface area contributed by atoms with Crippen LogP contribution in [0.5, 0.6) is 0 Å². The van der Waals surface area contributed by atoms with Crippen molar-refractivity contribution in [3.05, 3.63) is 29.0 Å². The second-order valence-corrected chi connectivity index (χ2v) is 4.31. The van der Waals surface area contributed by atoms with E-state index in [4.69, 9.17) is 5.73 Å². The molecule has 2 aromatic rings. The number of nitrogens with zero attached hydrogens (tertiary/aromatic N) is 3. The molecule has 0 bridgehead atoms. The molecule has 0 aliphatic rings. The lowest BCUT2D eigenvalue weighted by Crippen LogP contribution is -2.05. The van der Waals surface area contributed by atoms with Crippen LogP contribution in [-0.2, 0) is 0 Å². The zero-order chi connectivity index (χ0) is 10.8. The van der Waals surface area contributed by atoms with Gasteiger partial charge in [-0.05, 0) is 19.4 Å². The van der Waals surface area contributed by atoms with E-state index in [0.717, 1.165) is 16.3 Å².